The average molecular weight is 680 g/mol. The van der Waals surface area contributed by atoms with E-state index in [-0.39, 0.29) is 42.7 Å². The molecular formula is C35H65N7O6. The summed E-state index contributed by atoms with van der Waals surface area (Å²) < 4.78 is 17.5. The Labute approximate surface area is 288 Å². The van der Waals surface area contributed by atoms with Gasteiger partial charge in [0.25, 0.3) is 0 Å². The maximum absolute atomic E-state index is 13.5. The molecule has 5 fully saturated rings. The standard InChI is InChI=1S/C35H65N7O6/c1-23-30-10-11-41(19-26(30)6-7-31(23)47-21-32-24(2)37-22-48-32)20-29(44)18-36-35(45)27-16-33(39-34(17-27)40(4)14-15-46-5)38-28-8-12-42(13-9-28)25(3)43/h23-24,26-34,37-39,44H,6-22H2,1-5H3,(H,36,45)/t23?,24?,26?,27?,29-,30?,31?,32?,33?,34?/m0/s1. The number of likely N-dealkylation sites (N-methyl/N-ethyl adjacent to an activating group) is 1. The number of aliphatic hydroxyl groups is 1. The van der Waals surface area contributed by atoms with E-state index < -0.39 is 6.10 Å². The minimum absolute atomic E-state index is 0.0101. The molecule has 4 heterocycles. The van der Waals surface area contributed by atoms with Crippen LogP contribution in [0.15, 0.2) is 0 Å². The summed E-state index contributed by atoms with van der Waals surface area (Å²) >= 11 is 0. The van der Waals surface area contributed by atoms with Gasteiger partial charge in [-0.05, 0) is 83.2 Å². The molecule has 0 aromatic carbocycles. The molecule has 48 heavy (non-hydrogen) atoms. The molecule has 5 N–H and O–H groups in total. The van der Waals surface area contributed by atoms with Gasteiger partial charge in [-0.25, -0.2) is 0 Å². The summed E-state index contributed by atoms with van der Waals surface area (Å²) in [5.74, 6) is 1.77. The van der Waals surface area contributed by atoms with E-state index in [1.54, 1.807) is 14.0 Å². The molecule has 4 saturated heterocycles. The van der Waals surface area contributed by atoms with Crippen LogP contribution in [0.1, 0.15) is 65.7 Å². The molecule has 5 aliphatic rings. The molecule has 1 saturated carbocycles. The van der Waals surface area contributed by atoms with Crippen LogP contribution in [-0.4, -0.2) is 154 Å². The molecule has 0 spiro atoms. The topological polar surface area (TPSA) is 140 Å². The first-order valence-corrected chi connectivity index (χ1v) is 18.7. The van der Waals surface area contributed by atoms with Crippen LogP contribution in [0.5, 0.6) is 0 Å². The van der Waals surface area contributed by atoms with Crippen LogP contribution >= 0.6 is 0 Å². The van der Waals surface area contributed by atoms with E-state index >= 15 is 0 Å². The second kappa shape index (κ2) is 18.2. The third-order valence-electron chi connectivity index (χ3n) is 12.0. The first-order valence-electron chi connectivity index (χ1n) is 18.7. The molecule has 4 aliphatic heterocycles. The minimum atomic E-state index is -0.605. The number of rotatable bonds is 14. The van der Waals surface area contributed by atoms with Gasteiger partial charge in [-0.2, -0.15) is 0 Å². The van der Waals surface area contributed by atoms with Gasteiger partial charge in [-0.15, -0.1) is 0 Å². The number of methoxy groups -OCH3 is 1. The summed E-state index contributed by atoms with van der Waals surface area (Å²) in [4.78, 5) is 31.8. The maximum Gasteiger partial charge on any atom is 0.223 e. The van der Waals surface area contributed by atoms with E-state index in [1.165, 1.54) is 0 Å². The summed E-state index contributed by atoms with van der Waals surface area (Å²) in [6.45, 7) is 13.1. The molecule has 0 bridgehead atoms. The van der Waals surface area contributed by atoms with Gasteiger partial charge in [0.2, 0.25) is 11.8 Å². The summed E-state index contributed by atoms with van der Waals surface area (Å²) in [5, 5.41) is 24.9. The van der Waals surface area contributed by atoms with Gasteiger partial charge >= 0.3 is 0 Å². The van der Waals surface area contributed by atoms with Gasteiger partial charge in [-0.3, -0.25) is 30.4 Å². The van der Waals surface area contributed by atoms with Crippen molar-refractivity contribution in [1.82, 2.24) is 36.0 Å². The molecule has 0 aromatic heterocycles. The molecule has 0 radical (unpaired) electrons. The normalized spacial score (nSPS) is 35.8. The first kappa shape index (κ1) is 37.8. The van der Waals surface area contributed by atoms with Gasteiger partial charge in [0.1, 0.15) is 0 Å². The zero-order valence-corrected chi connectivity index (χ0v) is 30.2. The number of hydrogen-bond donors (Lipinski definition) is 5. The minimum Gasteiger partial charge on any atom is -0.390 e. The lowest BCUT2D eigenvalue weighted by Crippen LogP contribution is -2.62. The van der Waals surface area contributed by atoms with E-state index in [4.69, 9.17) is 14.2 Å². The number of piperidine rings is 3. The van der Waals surface area contributed by atoms with Crippen LogP contribution < -0.4 is 21.3 Å². The Morgan fingerprint density at radius 3 is 2.60 bits per heavy atom. The lowest BCUT2D eigenvalue weighted by atomic mass is 9.68. The van der Waals surface area contributed by atoms with E-state index in [1.807, 2.05) is 4.90 Å². The van der Waals surface area contributed by atoms with Gasteiger partial charge in [0.05, 0.1) is 50.6 Å². The number of hydrogen-bond acceptors (Lipinski definition) is 11. The van der Waals surface area contributed by atoms with Crippen molar-refractivity contribution in [3.8, 4) is 0 Å². The SMILES string of the molecule is COCCN(C)C1CC(C(=O)NC[C@H](O)CN2CCC3C(CCC(OCC4OCNC4C)C3C)C2)CC(NC2CCN(C(C)=O)CC2)N1. The molecule has 1 aliphatic carbocycles. The average Bonchev–Trinajstić information content (AvgIpc) is 3.50. The summed E-state index contributed by atoms with van der Waals surface area (Å²) in [5.41, 5.74) is 0. The molecule has 9 unspecified atom stereocenters. The van der Waals surface area contributed by atoms with Crippen molar-refractivity contribution in [2.75, 3.05) is 79.9 Å². The number of nitrogens with zero attached hydrogens (tertiary/aromatic N) is 3. The Bertz CT molecular complexity index is 1020. The summed E-state index contributed by atoms with van der Waals surface area (Å²) in [6, 6.07) is 0.636. The molecule has 0 aromatic rings. The molecule has 10 atom stereocenters. The van der Waals surface area contributed by atoms with E-state index in [2.05, 4.69) is 52.0 Å². The molecule has 2 amide bonds. The number of β-amino-alcohol motifs (C(OH)–C–C–N with tert-alkyl or cyclic N) is 1. The third kappa shape index (κ3) is 10.3. The second-order valence-corrected chi connectivity index (χ2v) is 15.3. The number of fused-ring (bicyclic) bond motifs is 1. The van der Waals surface area contributed by atoms with Gasteiger partial charge < -0.3 is 34.4 Å². The largest absolute Gasteiger partial charge is 0.390 e. The highest BCUT2D eigenvalue weighted by Gasteiger charge is 2.41. The van der Waals surface area contributed by atoms with Gasteiger partial charge in [0, 0.05) is 71.3 Å². The highest BCUT2D eigenvalue weighted by atomic mass is 16.6. The van der Waals surface area contributed by atoms with Crippen molar-refractivity contribution < 1.29 is 28.9 Å². The Balaban J connectivity index is 1.05. The zero-order valence-electron chi connectivity index (χ0n) is 30.2. The molecular weight excluding hydrogens is 614 g/mol. The molecule has 5 rings (SSSR count). The van der Waals surface area contributed by atoms with Crippen LogP contribution in [0.4, 0.5) is 0 Å². The van der Waals surface area contributed by atoms with Crippen molar-refractivity contribution in [2.24, 2.45) is 23.7 Å². The monoisotopic (exact) mass is 679 g/mol. The van der Waals surface area contributed by atoms with Crippen molar-refractivity contribution in [3.63, 3.8) is 0 Å². The fourth-order valence-corrected chi connectivity index (χ4v) is 8.83. The maximum atomic E-state index is 13.5. The number of likely N-dealkylation sites (tertiary alicyclic amines) is 2. The zero-order chi connectivity index (χ0) is 34.2. The first-order chi connectivity index (χ1) is 23.1. The van der Waals surface area contributed by atoms with Crippen molar-refractivity contribution in [2.45, 2.75) is 108 Å². The van der Waals surface area contributed by atoms with Crippen LogP contribution in [-0.2, 0) is 23.8 Å². The number of carbonyl (C=O) groups excluding carboxylic acids is 2. The van der Waals surface area contributed by atoms with E-state index in [9.17, 15) is 14.7 Å². The predicted molar refractivity (Wildman–Crippen MR) is 184 cm³/mol. The second-order valence-electron chi connectivity index (χ2n) is 15.3. The Morgan fingerprint density at radius 1 is 1.10 bits per heavy atom. The Hall–Kier alpha value is -1.42. The number of amides is 2. The molecule has 13 heteroatoms. The lowest BCUT2D eigenvalue weighted by molar-refractivity contribution is -0.130. The summed E-state index contributed by atoms with van der Waals surface area (Å²) in [6.07, 6.45) is 6.40. The number of aliphatic hydroxyl groups excluding tert-OH is 1. The van der Waals surface area contributed by atoms with Crippen molar-refractivity contribution in [3.05, 3.63) is 0 Å². The fourth-order valence-electron chi connectivity index (χ4n) is 8.83. The van der Waals surface area contributed by atoms with E-state index in [0.29, 0.717) is 75.3 Å². The van der Waals surface area contributed by atoms with Crippen molar-refractivity contribution in [1.29, 1.82) is 0 Å². The Kier molecular flexibility index (Phi) is 14.3. The van der Waals surface area contributed by atoms with Crippen LogP contribution in [0.3, 0.4) is 0 Å². The molecule has 13 nitrogen and oxygen atoms in total. The number of nitrogens with one attached hydrogen (secondary N) is 4. The van der Waals surface area contributed by atoms with Gasteiger partial charge in [0.15, 0.2) is 0 Å². The molecule has 276 valence electrons. The highest BCUT2D eigenvalue weighted by Crippen LogP contribution is 2.41. The van der Waals surface area contributed by atoms with Crippen LogP contribution in [0.2, 0.25) is 0 Å². The summed E-state index contributed by atoms with van der Waals surface area (Å²) in [7, 11) is 3.77. The highest BCUT2D eigenvalue weighted by molar-refractivity contribution is 5.78. The number of ether oxygens (including phenoxy) is 3. The smallest absolute Gasteiger partial charge is 0.223 e. The van der Waals surface area contributed by atoms with Crippen LogP contribution in [0, 0.1) is 23.7 Å². The van der Waals surface area contributed by atoms with Crippen molar-refractivity contribution >= 4 is 11.8 Å². The predicted octanol–water partition coefficient (Wildman–Crippen LogP) is 0.382. The lowest BCUT2D eigenvalue weighted by Gasteiger charge is -2.47. The number of carbonyl (C=O) groups is 2. The Morgan fingerprint density at radius 2 is 1.90 bits per heavy atom. The quantitative estimate of drug-likeness (QED) is 0.174. The van der Waals surface area contributed by atoms with E-state index in [0.717, 1.165) is 64.8 Å². The fraction of sp³-hybridized carbons (Fsp3) is 0.943. The third-order valence-corrected chi connectivity index (χ3v) is 12.0. The van der Waals surface area contributed by atoms with Crippen LogP contribution in [0.25, 0.3) is 0 Å². The van der Waals surface area contributed by atoms with Gasteiger partial charge in [-0.1, -0.05) is 6.92 Å².